The summed E-state index contributed by atoms with van der Waals surface area (Å²) in [6.07, 6.45) is 1.87. The minimum Gasteiger partial charge on any atom is -0.378 e. The molecule has 0 atom stereocenters. The number of aromatic amines is 1. The summed E-state index contributed by atoms with van der Waals surface area (Å²) in [5.74, 6) is 0. The summed E-state index contributed by atoms with van der Waals surface area (Å²) in [5.41, 5.74) is 6.38. The van der Waals surface area contributed by atoms with E-state index >= 15 is 0 Å². The Morgan fingerprint density at radius 1 is 1.38 bits per heavy atom. The van der Waals surface area contributed by atoms with Gasteiger partial charge in [-0.3, -0.25) is 5.41 Å². The third-order valence-corrected chi connectivity index (χ3v) is 2.55. The fourth-order valence-corrected chi connectivity index (χ4v) is 1.89. The van der Waals surface area contributed by atoms with Crippen molar-refractivity contribution in [3.8, 4) is 0 Å². The van der Waals surface area contributed by atoms with E-state index in [1.165, 1.54) is 11.8 Å². The maximum absolute atomic E-state index is 7.17. The first kappa shape index (κ1) is 8.19. The van der Waals surface area contributed by atoms with Crippen molar-refractivity contribution in [2.45, 2.75) is 4.90 Å². The monoisotopic (exact) mass is 191 g/mol. The summed E-state index contributed by atoms with van der Waals surface area (Å²) < 4.78 is 0. The molecule has 0 spiro atoms. The first-order valence-electron chi connectivity index (χ1n) is 3.85. The summed E-state index contributed by atoms with van der Waals surface area (Å²) in [4.78, 5) is 4.12. The molecule has 3 nitrogen and oxygen atoms in total. The highest BCUT2D eigenvalue weighted by Gasteiger charge is 2.03. The third kappa shape index (κ3) is 1.53. The molecule has 2 rings (SSSR count). The van der Waals surface area contributed by atoms with Gasteiger partial charge in [-0.05, 0) is 6.07 Å². The number of hydrogen-bond donors (Lipinski definition) is 3. The number of thioether (sulfide) groups is 1. The highest BCUT2D eigenvalue weighted by atomic mass is 32.2. The zero-order chi connectivity index (χ0) is 9.26. The van der Waals surface area contributed by atoms with Crippen molar-refractivity contribution < 1.29 is 0 Å². The quantitative estimate of drug-likeness (QED) is 0.367. The van der Waals surface area contributed by atoms with Crippen molar-refractivity contribution in [1.82, 2.24) is 4.98 Å². The zero-order valence-electron chi connectivity index (χ0n) is 6.87. The van der Waals surface area contributed by atoms with Gasteiger partial charge in [0.25, 0.3) is 0 Å². The van der Waals surface area contributed by atoms with Crippen LogP contribution in [0.1, 0.15) is 0 Å². The van der Waals surface area contributed by atoms with Gasteiger partial charge in [0, 0.05) is 22.0 Å². The fourth-order valence-electron chi connectivity index (χ4n) is 1.25. The molecule has 13 heavy (non-hydrogen) atoms. The summed E-state index contributed by atoms with van der Waals surface area (Å²) >= 11 is 1.26. The molecule has 0 aliphatic heterocycles. The van der Waals surface area contributed by atoms with Crippen molar-refractivity contribution in [3.05, 3.63) is 30.5 Å². The Hall–Kier alpha value is -1.42. The predicted octanol–water partition coefficient (Wildman–Crippen LogP) is 2.15. The van der Waals surface area contributed by atoms with Gasteiger partial charge in [0.05, 0.1) is 0 Å². The lowest BCUT2D eigenvalue weighted by molar-refractivity contribution is 1.42. The van der Waals surface area contributed by atoms with Crippen LogP contribution in [0.4, 0.5) is 0 Å². The predicted molar refractivity (Wildman–Crippen MR) is 56.1 cm³/mol. The molecule has 0 radical (unpaired) electrons. The largest absolute Gasteiger partial charge is 0.378 e. The number of rotatable bonds is 1. The van der Waals surface area contributed by atoms with Gasteiger partial charge >= 0.3 is 0 Å². The van der Waals surface area contributed by atoms with E-state index in [0.717, 1.165) is 15.8 Å². The number of benzene rings is 1. The van der Waals surface area contributed by atoms with E-state index in [-0.39, 0.29) is 5.17 Å². The van der Waals surface area contributed by atoms with Crippen LogP contribution in [0.3, 0.4) is 0 Å². The molecule has 2 aromatic rings. The molecule has 0 fully saturated rings. The molecule has 0 saturated carbocycles. The van der Waals surface area contributed by atoms with Gasteiger partial charge in [-0.1, -0.05) is 30.0 Å². The minimum absolute atomic E-state index is 0.116. The van der Waals surface area contributed by atoms with Crippen LogP contribution in [0.5, 0.6) is 0 Å². The Balaban J connectivity index is 2.51. The molecule has 0 saturated heterocycles. The average molecular weight is 191 g/mol. The van der Waals surface area contributed by atoms with Crippen LogP contribution in [0.25, 0.3) is 10.9 Å². The molecule has 0 aliphatic rings. The van der Waals surface area contributed by atoms with Gasteiger partial charge in [0.2, 0.25) is 0 Å². The van der Waals surface area contributed by atoms with Crippen molar-refractivity contribution in [1.29, 1.82) is 5.41 Å². The Morgan fingerprint density at radius 3 is 2.92 bits per heavy atom. The first-order valence-corrected chi connectivity index (χ1v) is 4.67. The Labute approximate surface area is 79.8 Å². The number of fused-ring (bicyclic) bond motifs is 1. The number of H-pyrrole nitrogens is 1. The summed E-state index contributed by atoms with van der Waals surface area (Å²) in [6, 6.07) is 7.96. The van der Waals surface area contributed by atoms with Crippen LogP contribution in [0.15, 0.2) is 35.4 Å². The molecule has 66 valence electrons. The van der Waals surface area contributed by atoms with E-state index in [2.05, 4.69) is 4.98 Å². The lowest BCUT2D eigenvalue weighted by atomic mass is 10.2. The van der Waals surface area contributed by atoms with E-state index in [0.29, 0.717) is 0 Å². The lowest BCUT2D eigenvalue weighted by Gasteiger charge is -1.94. The van der Waals surface area contributed by atoms with E-state index in [1.807, 2.05) is 30.5 Å². The van der Waals surface area contributed by atoms with Crippen molar-refractivity contribution in [2.75, 3.05) is 0 Å². The Morgan fingerprint density at radius 2 is 2.15 bits per heavy atom. The minimum atomic E-state index is 0.116. The molecule has 0 amide bonds. The molecule has 0 bridgehead atoms. The molecule has 1 heterocycles. The number of para-hydroxylation sites is 1. The molecule has 1 aromatic heterocycles. The fraction of sp³-hybridized carbons (Fsp3) is 0. The summed E-state index contributed by atoms with van der Waals surface area (Å²) in [5, 5.41) is 8.40. The summed E-state index contributed by atoms with van der Waals surface area (Å²) in [6.45, 7) is 0. The second kappa shape index (κ2) is 3.14. The Bertz CT molecular complexity index is 447. The topological polar surface area (TPSA) is 65.7 Å². The SMILES string of the molecule is N=C(N)Sc1c[nH]c2ccccc12. The molecule has 0 aliphatic carbocycles. The van der Waals surface area contributed by atoms with Crippen molar-refractivity contribution in [3.63, 3.8) is 0 Å². The molecular formula is C9H9N3S. The highest BCUT2D eigenvalue weighted by molar-refractivity contribution is 8.13. The third-order valence-electron chi connectivity index (χ3n) is 1.77. The number of amidine groups is 1. The standard InChI is InChI=1S/C9H9N3S/c10-9(11)13-8-5-12-7-4-2-1-3-6(7)8/h1-5,12H,(H3,10,11). The second-order valence-electron chi connectivity index (χ2n) is 2.66. The number of aromatic nitrogens is 1. The normalized spacial score (nSPS) is 10.5. The van der Waals surface area contributed by atoms with E-state index in [9.17, 15) is 0 Å². The average Bonchev–Trinajstić information content (AvgIpc) is 2.48. The molecule has 4 N–H and O–H groups in total. The smallest absolute Gasteiger partial charge is 0.156 e. The summed E-state index contributed by atoms with van der Waals surface area (Å²) in [7, 11) is 0. The highest BCUT2D eigenvalue weighted by Crippen LogP contribution is 2.26. The van der Waals surface area contributed by atoms with Crippen LogP contribution in [-0.2, 0) is 0 Å². The van der Waals surface area contributed by atoms with Gasteiger partial charge in [-0.2, -0.15) is 0 Å². The molecule has 1 aromatic carbocycles. The van der Waals surface area contributed by atoms with Crippen LogP contribution in [0, 0.1) is 5.41 Å². The lowest BCUT2D eigenvalue weighted by Crippen LogP contribution is -2.02. The van der Waals surface area contributed by atoms with Gasteiger partial charge in [0.15, 0.2) is 5.17 Å². The molecule has 4 heteroatoms. The second-order valence-corrected chi connectivity index (χ2v) is 3.75. The first-order chi connectivity index (χ1) is 6.27. The van der Waals surface area contributed by atoms with Crippen LogP contribution < -0.4 is 5.73 Å². The Kier molecular flexibility index (Phi) is 1.98. The van der Waals surface area contributed by atoms with Gasteiger partial charge in [0.1, 0.15) is 0 Å². The number of nitrogens with two attached hydrogens (primary N) is 1. The van der Waals surface area contributed by atoms with Crippen LogP contribution in [-0.4, -0.2) is 10.2 Å². The van der Waals surface area contributed by atoms with E-state index in [1.54, 1.807) is 0 Å². The van der Waals surface area contributed by atoms with Crippen molar-refractivity contribution in [2.24, 2.45) is 5.73 Å². The van der Waals surface area contributed by atoms with E-state index in [4.69, 9.17) is 11.1 Å². The van der Waals surface area contributed by atoms with Gasteiger partial charge < -0.3 is 10.7 Å². The molecular weight excluding hydrogens is 182 g/mol. The number of hydrogen-bond acceptors (Lipinski definition) is 2. The maximum atomic E-state index is 7.17. The van der Waals surface area contributed by atoms with Crippen LogP contribution >= 0.6 is 11.8 Å². The zero-order valence-corrected chi connectivity index (χ0v) is 7.69. The van der Waals surface area contributed by atoms with Gasteiger partial charge in [-0.25, -0.2) is 0 Å². The maximum Gasteiger partial charge on any atom is 0.156 e. The molecule has 0 unspecified atom stereocenters. The van der Waals surface area contributed by atoms with Crippen molar-refractivity contribution >= 4 is 27.8 Å². The number of nitrogens with one attached hydrogen (secondary N) is 2. The van der Waals surface area contributed by atoms with Gasteiger partial charge in [-0.15, -0.1) is 0 Å². The van der Waals surface area contributed by atoms with Crippen LogP contribution in [0.2, 0.25) is 0 Å². The van der Waals surface area contributed by atoms with E-state index < -0.39 is 0 Å².